The molecule has 6 nitrogen and oxygen atoms in total. The molecule has 0 amide bonds. The Labute approximate surface area is 334 Å². The molecular weight excluding hydrogens is 737 g/mol. The lowest BCUT2D eigenvalue weighted by atomic mass is 10.0. The standard InChI is InChI=1S/C49H28N6S2/c1-3-14-29(15-4-1)46-50-43(45-44(51-46)34-20-9-12-24-39(34)57-45)31-26-27-40-36(28-31)42-35(21-13-25-41(42)56-40)48-52-47(30-16-5-2-6-17-30)53-49(54-48)55-37-22-10-7-18-32(37)33-19-8-11-23-38(33)55/h1-28H. The monoisotopic (exact) mass is 764 g/mol. The molecular formula is C49H28N6S2. The zero-order valence-electron chi connectivity index (χ0n) is 30.2. The average molecular weight is 765 g/mol. The molecule has 0 atom stereocenters. The minimum Gasteiger partial charge on any atom is -0.278 e. The molecule has 0 saturated carbocycles. The van der Waals surface area contributed by atoms with Gasteiger partial charge in [-0.3, -0.25) is 4.57 Å². The molecule has 0 saturated heterocycles. The quantitative estimate of drug-likeness (QED) is 0.175. The highest BCUT2D eigenvalue weighted by molar-refractivity contribution is 7.26. The maximum absolute atomic E-state index is 5.33. The van der Waals surface area contributed by atoms with Crippen molar-refractivity contribution in [1.29, 1.82) is 0 Å². The minimum atomic E-state index is 0.579. The van der Waals surface area contributed by atoms with Crippen LogP contribution >= 0.6 is 22.7 Å². The highest BCUT2D eigenvalue weighted by Gasteiger charge is 2.22. The molecule has 57 heavy (non-hydrogen) atoms. The normalized spacial score (nSPS) is 11.9. The van der Waals surface area contributed by atoms with Gasteiger partial charge in [0.1, 0.15) is 0 Å². The summed E-state index contributed by atoms with van der Waals surface area (Å²) in [7, 11) is 0. The molecule has 8 heteroatoms. The van der Waals surface area contributed by atoms with Crippen LogP contribution in [0.15, 0.2) is 170 Å². The van der Waals surface area contributed by atoms with E-state index < -0.39 is 0 Å². The molecule has 0 N–H and O–H groups in total. The van der Waals surface area contributed by atoms with Crippen molar-refractivity contribution < 1.29 is 0 Å². The molecule has 0 aliphatic rings. The van der Waals surface area contributed by atoms with Crippen molar-refractivity contribution in [3.63, 3.8) is 0 Å². The molecule has 0 spiro atoms. The molecule has 7 aromatic carbocycles. The third kappa shape index (κ3) is 5.12. The number of benzene rings is 7. The summed E-state index contributed by atoms with van der Waals surface area (Å²) in [4.78, 5) is 26.2. The van der Waals surface area contributed by atoms with E-state index in [1.54, 1.807) is 22.7 Å². The van der Waals surface area contributed by atoms with Crippen LogP contribution in [0.25, 0.3) is 114 Å². The highest BCUT2D eigenvalue weighted by Crippen LogP contribution is 2.44. The van der Waals surface area contributed by atoms with Crippen LogP contribution in [0.4, 0.5) is 0 Å². The number of rotatable bonds is 5. The van der Waals surface area contributed by atoms with Crippen molar-refractivity contribution in [3.8, 4) is 51.4 Å². The number of hydrogen-bond acceptors (Lipinski definition) is 7. The molecule has 5 aromatic heterocycles. The Kier molecular flexibility index (Phi) is 7.17. The minimum absolute atomic E-state index is 0.579. The summed E-state index contributed by atoms with van der Waals surface area (Å²) in [5, 5.41) is 5.70. The second-order valence-electron chi connectivity index (χ2n) is 14.0. The molecule has 0 aliphatic heterocycles. The van der Waals surface area contributed by atoms with Crippen LogP contribution in [0.2, 0.25) is 0 Å². The fourth-order valence-electron chi connectivity index (χ4n) is 8.10. The summed E-state index contributed by atoms with van der Waals surface area (Å²) >= 11 is 3.53. The van der Waals surface area contributed by atoms with Crippen LogP contribution in [0.1, 0.15) is 0 Å². The van der Waals surface area contributed by atoms with E-state index in [-0.39, 0.29) is 0 Å². The third-order valence-corrected chi connectivity index (χ3v) is 13.0. The van der Waals surface area contributed by atoms with E-state index in [9.17, 15) is 0 Å². The molecule has 0 fully saturated rings. The second-order valence-corrected chi connectivity index (χ2v) is 16.2. The van der Waals surface area contributed by atoms with Crippen LogP contribution in [0.3, 0.4) is 0 Å². The smallest absolute Gasteiger partial charge is 0.238 e. The Bertz CT molecular complexity index is 3480. The van der Waals surface area contributed by atoms with Crippen molar-refractivity contribution in [1.82, 2.24) is 29.5 Å². The van der Waals surface area contributed by atoms with Gasteiger partial charge in [-0.25, -0.2) is 15.0 Å². The van der Waals surface area contributed by atoms with Crippen LogP contribution in [0.5, 0.6) is 0 Å². The van der Waals surface area contributed by atoms with Gasteiger partial charge in [-0.1, -0.05) is 133 Å². The number of nitrogens with zero attached hydrogens (tertiary/aromatic N) is 6. The summed E-state index contributed by atoms with van der Waals surface area (Å²) in [5.74, 6) is 2.54. The molecule has 266 valence electrons. The van der Waals surface area contributed by atoms with E-state index in [4.69, 9.17) is 24.9 Å². The van der Waals surface area contributed by atoms with Gasteiger partial charge in [-0.05, 0) is 36.4 Å². The summed E-state index contributed by atoms with van der Waals surface area (Å²) < 4.78 is 6.80. The number of aromatic nitrogens is 6. The summed E-state index contributed by atoms with van der Waals surface area (Å²) in [5.41, 5.74) is 7.92. The first kappa shape index (κ1) is 32.1. The van der Waals surface area contributed by atoms with E-state index in [0.29, 0.717) is 23.4 Å². The Morgan fingerprint density at radius 1 is 0.386 bits per heavy atom. The summed E-state index contributed by atoms with van der Waals surface area (Å²) in [6.45, 7) is 0. The van der Waals surface area contributed by atoms with E-state index >= 15 is 0 Å². The molecule has 0 unspecified atom stereocenters. The van der Waals surface area contributed by atoms with Crippen LogP contribution < -0.4 is 0 Å². The number of thiophene rings is 2. The van der Waals surface area contributed by atoms with Gasteiger partial charge in [0, 0.05) is 63.3 Å². The SMILES string of the molecule is c1ccc(-c2nc(-c3cccc4sc5ccc(-c6nc(-c7ccccc7)nc7c6sc6ccccc67)cc5c34)nc(-n3c4ccccc4c4ccccc43)n2)cc1. The fraction of sp³-hybridized carbons (Fsp3) is 0. The van der Waals surface area contributed by atoms with E-state index in [1.807, 2.05) is 36.4 Å². The summed E-state index contributed by atoms with van der Waals surface area (Å²) in [6, 6.07) is 59.0. The Hall–Kier alpha value is -7.13. The maximum atomic E-state index is 5.33. The lowest BCUT2D eigenvalue weighted by Gasteiger charge is -2.12. The lowest BCUT2D eigenvalue weighted by Crippen LogP contribution is -2.06. The predicted octanol–water partition coefficient (Wildman–Crippen LogP) is 13.2. The van der Waals surface area contributed by atoms with Crippen molar-refractivity contribution >= 4 is 85.0 Å². The Balaban J connectivity index is 1.11. The topological polar surface area (TPSA) is 69.4 Å². The summed E-state index contributed by atoms with van der Waals surface area (Å²) in [6.07, 6.45) is 0. The Morgan fingerprint density at radius 3 is 1.72 bits per heavy atom. The molecule has 0 radical (unpaired) electrons. The molecule has 0 bridgehead atoms. The molecule has 12 rings (SSSR count). The molecule has 5 heterocycles. The maximum Gasteiger partial charge on any atom is 0.238 e. The highest BCUT2D eigenvalue weighted by atomic mass is 32.1. The first-order chi connectivity index (χ1) is 28.2. The van der Waals surface area contributed by atoms with Crippen LogP contribution in [0, 0.1) is 0 Å². The first-order valence-corrected chi connectivity index (χ1v) is 20.4. The Morgan fingerprint density at radius 2 is 0.982 bits per heavy atom. The molecule has 12 aromatic rings. The first-order valence-electron chi connectivity index (χ1n) is 18.8. The van der Waals surface area contributed by atoms with Crippen LogP contribution in [-0.2, 0) is 0 Å². The number of hydrogen-bond donors (Lipinski definition) is 0. The van der Waals surface area contributed by atoms with Gasteiger partial charge in [0.2, 0.25) is 5.95 Å². The van der Waals surface area contributed by atoms with E-state index in [2.05, 4.69) is 138 Å². The fourth-order valence-corrected chi connectivity index (χ4v) is 10.4. The lowest BCUT2D eigenvalue weighted by molar-refractivity contribution is 0.954. The zero-order chi connectivity index (χ0) is 37.5. The van der Waals surface area contributed by atoms with Gasteiger partial charge < -0.3 is 0 Å². The van der Waals surface area contributed by atoms with Gasteiger partial charge >= 0.3 is 0 Å². The van der Waals surface area contributed by atoms with E-state index in [0.717, 1.165) is 76.1 Å². The van der Waals surface area contributed by atoms with Crippen molar-refractivity contribution in [2.24, 2.45) is 0 Å². The van der Waals surface area contributed by atoms with Crippen molar-refractivity contribution in [3.05, 3.63) is 170 Å². The predicted molar refractivity (Wildman–Crippen MR) is 237 cm³/mol. The largest absolute Gasteiger partial charge is 0.278 e. The van der Waals surface area contributed by atoms with Gasteiger partial charge in [-0.2, -0.15) is 9.97 Å². The average Bonchev–Trinajstić information content (AvgIpc) is 3.96. The second kappa shape index (κ2) is 12.7. The van der Waals surface area contributed by atoms with Gasteiger partial charge in [0.25, 0.3) is 0 Å². The van der Waals surface area contributed by atoms with Crippen LogP contribution in [-0.4, -0.2) is 29.5 Å². The van der Waals surface area contributed by atoms with Gasteiger partial charge in [0.05, 0.1) is 26.9 Å². The molecule has 0 aliphatic carbocycles. The third-order valence-electron chi connectivity index (χ3n) is 10.7. The van der Waals surface area contributed by atoms with Crippen molar-refractivity contribution in [2.45, 2.75) is 0 Å². The zero-order valence-corrected chi connectivity index (χ0v) is 31.8. The van der Waals surface area contributed by atoms with Gasteiger partial charge in [-0.15, -0.1) is 22.7 Å². The van der Waals surface area contributed by atoms with Gasteiger partial charge in [0.15, 0.2) is 17.5 Å². The number of fused-ring (bicyclic) bond motifs is 9. The number of para-hydroxylation sites is 2. The van der Waals surface area contributed by atoms with Crippen molar-refractivity contribution in [2.75, 3.05) is 0 Å². The van der Waals surface area contributed by atoms with E-state index in [1.165, 1.54) is 14.1 Å².